The minimum atomic E-state index is -3.63. The Hall–Kier alpha value is -1.40. The van der Waals surface area contributed by atoms with E-state index in [2.05, 4.69) is 10.0 Å². The van der Waals surface area contributed by atoms with Crippen LogP contribution in [0.15, 0.2) is 29.2 Å². The number of sulfonamides is 1. The van der Waals surface area contributed by atoms with Crippen molar-refractivity contribution in [3.63, 3.8) is 0 Å². The van der Waals surface area contributed by atoms with Gasteiger partial charge in [-0.1, -0.05) is 26.0 Å². The molecule has 1 rings (SSSR count). The highest BCUT2D eigenvalue weighted by molar-refractivity contribution is 7.89. The largest absolute Gasteiger partial charge is 0.355 e. The second kappa shape index (κ2) is 6.68. The van der Waals surface area contributed by atoms with E-state index in [1.807, 2.05) is 26.8 Å². The molecular weight excluding hydrogens is 264 g/mol. The summed E-state index contributed by atoms with van der Waals surface area (Å²) in [6.07, 6.45) is 0. The summed E-state index contributed by atoms with van der Waals surface area (Å²) in [7, 11) is -3.63. The van der Waals surface area contributed by atoms with Gasteiger partial charge in [-0.3, -0.25) is 4.79 Å². The molecule has 5 nitrogen and oxygen atoms in total. The molecule has 1 amide bonds. The van der Waals surface area contributed by atoms with Crippen LogP contribution in [0.25, 0.3) is 0 Å². The van der Waals surface area contributed by atoms with Crippen LogP contribution in [0.5, 0.6) is 0 Å². The SMILES string of the molecule is Cc1cccc(S(=O)(=O)NCC(=O)NCC(C)C)c1. The highest BCUT2D eigenvalue weighted by atomic mass is 32.2. The van der Waals surface area contributed by atoms with Crippen molar-refractivity contribution in [2.24, 2.45) is 5.92 Å². The number of hydrogen-bond acceptors (Lipinski definition) is 3. The van der Waals surface area contributed by atoms with Gasteiger partial charge in [0.1, 0.15) is 0 Å². The normalized spacial score (nSPS) is 11.6. The average molecular weight is 284 g/mol. The molecule has 0 aliphatic rings. The molecule has 0 aliphatic heterocycles. The summed E-state index contributed by atoms with van der Waals surface area (Å²) in [6.45, 7) is 6.04. The van der Waals surface area contributed by atoms with Gasteiger partial charge in [0.05, 0.1) is 11.4 Å². The van der Waals surface area contributed by atoms with Gasteiger partial charge in [0.25, 0.3) is 0 Å². The maximum atomic E-state index is 11.9. The van der Waals surface area contributed by atoms with Gasteiger partial charge in [-0.2, -0.15) is 0 Å². The second-order valence-corrected chi connectivity index (χ2v) is 6.61. The molecule has 19 heavy (non-hydrogen) atoms. The summed E-state index contributed by atoms with van der Waals surface area (Å²) in [4.78, 5) is 11.6. The van der Waals surface area contributed by atoms with Crippen molar-refractivity contribution in [2.75, 3.05) is 13.1 Å². The Balaban J connectivity index is 2.59. The van der Waals surface area contributed by atoms with Crippen LogP contribution in [0.4, 0.5) is 0 Å². The molecule has 2 N–H and O–H groups in total. The Morgan fingerprint density at radius 3 is 2.58 bits per heavy atom. The van der Waals surface area contributed by atoms with Crippen molar-refractivity contribution in [3.05, 3.63) is 29.8 Å². The van der Waals surface area contributed by atoms with Gasteiger partial charge in [-0.15, -0.1) is 0 Å². The fourth-order valence-corrected chi connectivity index (χ4v) is 2.49. The number of benzene rings is 1. The molecule has 0 saturated heterocycles. The number of aryl methyl sites for hydroxylation is 1. The zero-order valence-corrected chi connectivity index (χ0v) is 12.3. The summed E-state index contributed by atoms with van der Waals surface area (Å²) < 4.78 is 26.2. The van der Waals surface area contributed by atoms with Crippen molar-refractivity contribution in [2.45, 2.75) is 25.7 Å². The molecule has 1 aromatic rings. The van der Waals surface area contributed by atoms with Crippen molar-refractivity contribution in [1.29, 1.82) is 0 Å². The van der Waals surface area contributed by atoms with Crippen LogP contribution in [0, 0.1) is 12.8 Å². The predicted molar refractivity (Wildman–Crippen MR) is 74.2 cm³/mol. The maximum absolute atomic E-state index is 11.9. The molecular formula is C13H20N2O3S. The van der Waals surface area contributed by atoms with E-state index in [4.69, 9.17) is 0 Å². The Labute approximate surface area is 114 Å². The Bertz CT molecular complexity index is 539. The first-order valence-electron chi connectivity index (χ1n) is 6.14. The molecule has 0 atom stereocenters. The van der Waals surface area contributed by atoms with E-state index < -0.39 is 10.0 Å². The highest BCUT2D eigenvalue weighted by Gasteiger charge is 2.15. The maximum Gasteiger partial charge on any atom is 0.241 e. The molecule has 0 saturated carbocycles. The smallest absolute Gasteiger partial charge is 0.241 e. The lowest BCUT2D eigenvalue weighted by Gasteiger charge is -2.09. The summed E-state index contributed by atoms with van der Waals surface area (Å²) in [6, 6.07) is 6.55. The fourth-order valence-electron chi connectivity index (χ4n) is 1.41. The van der Waals surface area contributed by atoms with Crippen LogP contribution < -0.4 is 10.0 Å². The van der Waals surface area contributed by atoms with E-state index >= 15 is 0 Å². The number of carbonyl (C=O) groups is 1. The van der Waals surface area contributed by atoms with Crippen LogP contribution in [0.3, 0.4) is 0 Å². The fraction of sp³-hybridized carbons (Fsp3) is 0.462. The lowest BCUT2D eigenvalue weighted by atomic mass is 10.2. The van der Waals surface area contributed by atoms with Gasteiger partial charge in [0.15, 0.2) is 0 Å². The van der Waals surface area contributed by atoms with E-state index in [1.165, 1.54) is 6.07 Å². The lowest BCUT2D eigenvalue weighted by Crippen LogP contribution is -2.38. The zero-order valence-electron chi connectivity index (χ0n) is 11.4. The van der Waals surface area contributed by atoms with Crippen LogP contribution >= 0.6 is 0 Å². The van der Waals surface area contributed by atoms with E-state index in [9.17, 15) is 13.2 Å². The van der Waals surface area contributed by atoms with Gasteiger partial charge in [-0.05, 0) is 30.5 Å². The van der Waals surface area contributed by atoms with Gasteiger partial charge in [0, 0.05) is 6.54 Å². The number of amides is 1. The first-order valence-corrected chi connectivity index (χ1v) is 7.62. The average Bonchev–Trinajstić information content (AvgIpc) is 2.34. The molecule has 0 radical (unpaired) electrons. The quantitative estimate of drug-likeness (QED) is 0.819. The molecule has 0 bridgehead atoms. The summed E-state index contributed by atoms with van der Waals surface area (Å²) >= 11 is 0. The molecule has 0 fully saturated rings. The van der Waals surface area contributed by atoms with Crippen molar-refractivity contribution in [3.8, 4) is 0 Å². The van der Waals surface area contributed by atoms with Gasteiger partial charge >= 0.3 is 0 Å². The molecule has 0 heterocycles. The predicted octanol–water partition coefficient (Wildman–Crippen LogP) is 1.05. The molecule has 0 aliphatic carbocycles. The minimum Gasteiger partial charge on any atom is -0.355 e. The van der Waals surface area contributed by atoms with Crippen molar-refractivity contribution < 1.29 is 13.2 Å². The van der Waals surface area contributed by atoms with Gasteiger partial charge < -0.3 is 5.32 Å². The van der Waals surface area contributed by atoms with E-state index in [-0.39, 0.29) is 17.3 Å². The van der Waals surface area contributed by atoms with Crippen LogP contribution in [0.1, 0.15) is 19.4 Å². The van der Waals surface area contributed by atoms with E-state index in [1.54, 1.807) is 12.1 Å². The molecule has 6 heteroatoms. The first-order chi connectivity index (χ1) is 8.81. The Kier molecular flexibility index (Phi) is 5.50. The van der Waals surface area contributed by atoms with E-state index in [0.29, 0.717) is 12.5 Å². The third-order valence-electron chi connectivity index (χ3n) is 2.43. The highest BCUT2D eigenvalue weighted by Crippen LogP contribution is 2.10. The Morgan fingerprint density at radius 2 is 2.00 bits per heavy atom. The van der Waals surface area contributed by atoms with Crippen LogP contribution in [-0.4, -0.2) is 27.4 Å². The third-order valence-corrected chi connectivity index (χ3v) is 3.83. The minimum absolute atomic E-state index is 0.171. The monoisotopic (exact) mass is 284 g/mol. The second-order valence-electron chi connectivity index (χ2n) is 4.84. The summed E-state index contributed by atoms with van der Waals surface area (Å²) in [5.74, 6) is 0.00209. The molecule has 1 aromatic carbocycles. The molecule has 106 valence electrons. The number of nitrogens with one attached hydrogen (secondary N) is 2. The van der Waals surface area contributed by atoms with Crippen molar-refractivity contribution in [1.82, 2.24) is 10.0 Å². The molecule has 0 unspecified atom stereocenters. The van der Waals surface area contributed by atoms with Gasteiger partial charge in [0.2, 0.25) is 15.9 Å². The third kappa shape index (κ3) is 5.40. The standard InChI is InChI=1S/C13H20N2O3S/c1-10(2)8-14-13(16)9-15-19(17,18)12-6-4-5-11(3)7-12/h4-7,10,15H,8-9H2,1-3H3,(H,14,16). The lowest BCUT2D eigenvalue weighted by molar-refractivity contribution is -0.120. The topological polar surface area (TPSA) is 75.3 Å². The van der Waals surface area contributed by atoms with Crippen LogP contribution in [0.2, 0.25) is 0 Å². The van der Waals surface area contributed by atoms with Crippen molar-refractivity contribution >= 4 is 15.9 Å². The number of rotatable bonds is 6. The number of hydrogen-bond donors (Lipinski definition) is 2. The molecule has 0 aromatic heterocycles. The zero-order chi connectivity index (χ0) is 14.5. The molecule has 0 spiro atoms. The summed E-state index contributed by atoms with van der Waals surface area (Å²) in [5, 5.41) is 2.65. The Morgan fingerprint density at radius 1 is 1.32 bits per heavy atom. The van der Waals surface area contributed by atoms with E-state index in [0.717, 1.165) is 5.56 Å². The van der Waals surface area contributed by atoms with Crippen LogP contribution in [-0.2, 0) is 14.8 Å². The van der Waals surface area contributed by atoms with Gasteiger partial charge in [-0.25, -0.2) is 13.1 Å². The number of carbonyl (C=O) groups excluding carboxylic acids is 1. The first kappa shape index (κ1) is 15.7. The summed E-state index contributed by atoms with van der Waals surface area (Å²) in [5.41, 5.74) is 0.854.